The number of pyridine rings is 1. The van der Waals surface area contributed by atoms with Crippen molar-refractivity contribution in [1.29, 1.82) is 0 Å². The molecule has 3 aromatic heterocycles. The summed E-state index contributed by atoms with van der Waals surface area (Å²) in [5.41, 5.74) is 2.25. The molecule has 0 radical (unpaired) electrons. The van der Waals surface area contributed by atoms with Crippen molar-refractivity contribution in [3.63, 3.8) is 0 Å². The van der Waals surface area contributed by atoms with Gasteiger partial charge in [0.05, 0.1) is 19.0 Å². The molecule has 28 heavy (non-hydrogen) atoms. The van der Waals surface area contributed by atoms with Crippen molar-refractivity contribution in [2.45, 2.75) is 25.5 Å². The molecule has 0 unspecified atom stereocenters. The molecular weight excluding hydrogens is 420 g/mol. The molecule has 0 aromatic carbocycles. The topological polar surface area (TPSA) is 77.8 Å². The van der Waals surface area contributed by atoms with Gasteiger partial charge in [-0.05, 0) is 36.2 Å². The molecule has 0 aliphatic carbocycles. The first-order chi connectivity index (χ1) is 13.3. The highest BCUT2D eigenvalue weighted by Crippen LogP contribution is 2.28. The van der Waals surface area contributed by atoms with Gasteiger partial charge in [0.15, 0.2) is 5.82 Å². The lowest BCUT2D eigenvalue weighted by molar-refractivity contribution is -0.174. The van der Waals surface area contributed by atoms with Crippen molar-refractivity contribution in [2.75, 3.05) is 18.5 Å². The van der Waals surface area contributed by atoms with Crippen LogP contribution in [0.2, 0.25) is 5.28 Å². The van der Waals surface area contributed by atoms with Crippen molar-refractivity contribution >= 4 is 45.9 Å². The number of halogens is 5. The minimum Gasteiger partial charge on any atom is -0.370 e. The zero-order valence-corrected chi connectivity index (χ0v) is 16.1. The molecule has 0 saturated carbocycles. The van der Waals surface area contributed by atoms with Crippen molar-refractivity contribution in [3.05, 3.63) is 34.9 Å². The summed E-state index contributed by atoms with van der Waals surface area (Å²) in [6, 6.07) is 3.64. The van der Waals surface area contributed by atoms with Crippen molar-refractivity contribution < 1.29 is 17.9 Å². The number of aryl methyl sites for hydroxylation is 1. The molecule has 0 bridgehead atoms. The number of aromatic nitrogens is 5. The van der Waals surface area contributed by atoms with Gasteiger partial charge < -0.3 is 10.1 Å². The molecule has 1 N–H and O–H groups in total. The first-order valence-corrected chi connectivity index (χ1v) is 9.01. The molecule has 3 aromatic rings. The van der Waals surface area contributed by atoms with Crippen LogP contribution in [0.4, 0.5) is 24.8 Å². The van der Waals surface area contributed by atoms with Crippen LogP contribution in [0.1, 0.15) is 11.3 Å². The summed E-state index contributed by atoms with van der Waals surface area (Å²) in [4.78, 5) is 12.6. The predicted octanol–water partition coefficient (Wildman–Crippen LogP) is 4.24. The number of nitrogens with one attached hydrogen (secondary N) is 1. The number of hydrogen-bond donors (Lipinski definition) is 1. The van der Waals surface area contributed by atoms with Gasteiger partial charge >= 0.3 is 6.18 Å². The van der Waals surface area contributed by atoms with Crippen LogP contribution >= 0.6 is 23.2 Å². The Balaban J connectivity index is 1.94. The maximum absolute atomic E-state index is 12.3. The monoisotopic (exact) mass is 434 g/mol. The molecule has 0 atom stereocenters. The highest BCUT2D eigenvalue weighted by atomic mass is 35.5. The predicted molar refractivity (Wildman–Crippen MR) is 99.0 cm³/mol. The number of hydrogen-bond acceptors (Lipinski definition) is 6. The van der Waals surface area contributed by atoms with Gasteiger partial charge in [0, 0.05) is 6.20 Å². The Kier molecular flexibility index (Phi) is 6.21. The fourth-order valence-corrected chi connectivity index (χ4v) is 2.87. The number of nitrogens with zero attached hydrogens (tertiary/aromatic N) is 5. The molecule has 0 spiro atoms. The van der Waals surface area contributed by atoms with Gasteiger partial charge in [-0.3, -0.25) is 4.68 Å². The summed E-state index contributed by atoms with van der Waals surface area (Å²) < 4.78 is 42.9. The minimum atomic E-state index is -4.40. The first kappa shape index (κ1) is 20.6. The molecule has 0 aliphatic rings. The third-order valence-corrected chi connectivity index (χ3v) is 4.05. The van der Waals surface area contributed by atoms with E-state index < -0.39 is 12.8 Å². The maximum Gasteiger partial charge on any atom is 0.411 e. The Hall–Kier alpha value is -2.17. The van der Waals surface area contributed by atoms with Gasteiger partial charge in [0.2, 0.25) is 5.28 Å². The Bertz CT molecular complexity index is 979. The van der Waals surface area contributed by atoms with E-state index in [0.717, 1.165) is 5.56 Å². The van der Waals surface area contributed by atoms with Crippen LogP contribution in [-0.2, 0) is 17.2 Å². The summed E-state index contributed by atoms with van der Waals surface area (Å²) in [7, 11) is 0. The van der Waals surface area contributed by atoms with Crippen molar-refractivity contribution in [1.82, 2.24) is 24.7 Å². The largest absolute Gasteiger partial charge is 0.411 e. The average Bonchev–Trinajstić information content (AvgIpc) is 2.95. The Morgan fingerprint density at radius 3 is 2.75 bits per heavy atom. The second kappa shape index (κ2) is 8.46. The standard InChI is InChI=1S/C16H15Cl2F3N6O/c1-9-2-3-22-11(6-9)23-14-13-12(24-15(18)25-14)10(7-17)26-27(13)4-5-28-8-16(19,20)21/h2-3,6H,4-5,7-8H2,1H3,(H,22,23,24,25). The fraction of sp³-hybridized carbons (Fsp3) is 0.375. The van der Waals surface area contributed by atoms with E-state index >= 15 is 0 Å². The summed E-state index contributed by atoms with van der Waals surface area (Å²) in [6.45, 7) is 0.408. The van der Waals surface area contributed by atoms with Crippen LogP contribution in [0.3, 0.4) is 0 Å². The van der Waals surface area contributed by atoms with E-state index in [1.807, 2.05) is 13.0 Å². The molecule has 3 heterocycles. The normalized spacial score (nSPS) is 11.9. The number of anilines is 2. The maximum atomic E-state index is 12.3. The van der Waals surface area contributed by atoms with Crippen LogP contribution in [0, 0.1) is 6.92 Å². The van der Waals surface area contributed by atoms with Crippen LogP contribution in [0.15, 0.2) is 18.3 Å². The van der Waals surface area contributed by atoms with E-state index in [-0.39, 0.29) is 24.3 Å². The van der Waals surface area contributed by atoms with Gasteiger partial charge in [-0.2, -0.15) is 23.3 Å². The van der Waals surface area contributed by atoms with Crippen LogP contribution < -0.4 is 5.32 Å². The van der Waals surface area contributed by atoms with Gasteiger partial charge in [0.25, 0.3) is 0 Å². The van der Waals surface area contributed by atoms with Crippen LogP contribution in [0.25, 0.3) is 11.0 Å². The summed E-state index contributed by atoms with van der Waals surface area (Å²) in [5.74, 6) is 0.875. The van der Waals surface area contributed by atoms with E-state index in [1.54, 1.807) is 12.3 Å². The summed E-state index contributed by atoms with van der Waals surface area (Å²) in [5, 5.41) is 7.33. The third-order valence-electron chi connectivity index (χ3n) is 3.63. The number of fused-ring (bicyclic) bond motifs is 1. The van der Waals surface area contributed by atoms with E-state index in [1.165, 1.54) is 4.68 Å². The van der Waals surface area contributed by atoms with Crippen LogP contribution in [-0.4, -0.2) is 44.1 Å². The van der Waals surface area contributed by atoms with Gasteiger partial charge in [0.1, 0.15) is 29.2 Å². The molecule has 0 saturated heterocycles. The van der Waals surface area contributed by atoms with Gasteiger partial charge in [-0.15, -0.1) is 11.6 Å². The Morgan fingerprint density at radius 2 is 2.07 bits per heavy atom. The Labute approximate surface area is 167 Å². The molecule has 0 amide bonds. The van der Waals surface area contributed by atoms with E-state index in [0.29, 0.717) is 28.4 Å². The lowest BCUT2D eigenvalue weighted by Gasteiger charge is -2.11. The lowest BCUT2D eigenvalue weighted by atomic mass is 10.3. The average molecular weight is 435 g/mol. The van der Waals surface area contributed by atoms with E-state index in [9.17, 15) is 13.2 Å². The smallest absolute Gasteiger partial charge is 0.370 e. The summed E-state index contributed by atoms with van der Waals surface area (Å²) in [6.07, 6.45) is -2.77. The molecule has 12 heteroatoms. The minimum absolute atomic E-state index is 0.0260. The SMILES string of the molecule is Cc1ccnc(Nc2nc(Cl)nc3c(CCl)nn(CCOCC(F)(F)F)c23)c1. The second-order valence-electron chi connectivity index (χ2n) is 5.85. The van der Waals surface area contributed by atoms with Gasteiger partial charge in [-0.1, -0.05) is 0 Å². The molecule has 7 nitrogen and oxygen atoms in total. The molecule has 3 rings (SSSR count). The van der Waals surface area contributed by atoms with E-state index in [4.69, 9.17) is 23.2 Å². The number of alkyl halides is 4. The highest BCUT2D eigenvalue weighted by molar-refractivity contribution is 6.29. The van der Waals surface area contributed by atoms with Crippen molar-refractivity contribution in [2.24, 2.45) is 0 Å². The molecule has 150 valence electrons. The van der Waals surface area contributed by atoms with E-state index in [2.05, 4.69) is 30.1 Å². The number of rotatable bonds is 7. The van der Waals surface area contributed by atoms with Gasteiger partial charge in [-0.25, -0.2) is 9.97 Å². The second-order valence-corrected chi connectivity index (χ2v) is 6.46. The highest BCUT2D eigenvalue weighted by Gasteiger charge is 2.27. The molecule has 0 aliphatic heterocycles. The quantitative estimate of drug-likeness (QED) is 0.340. The zero-order chi connectivity index (χ0) is 20.3. The molecular formula is C16H15Cl2F3N6O. The van der Waals surface area contributed by atoms with Crippen LogP contribution in [0.5, 0.6) is 0 Å². The fourth-order valence-electron chi connectivity index (χ4n) is 2.52. The zero-order valence-electron chi connectivity index (χ0n) is 14.6. The Morgan fingerprint density at radius 1 is 1.29 bits per heavy atom. The van der Waals surface area contributed by atoms with Crippen molar-refractivity contribution in [3.8, 4) is 0 Å². The third kappa shape index (κ3) is 5.00. The molecule has 0 fully saturated rings. The lowest BCUT2D eigenvalue weighted by Crippen LogP contribution is -2.19. The summed E-state index contributed by atoms with van der Waals surface area (Å²) >= 11 is 12.0. The first-order valence-electron chi connectivity index (χ1n) is 8.10. The number of ether oxygens (including phenoxy) is 1.